The minimum absolute atomic E-state index is 0.0844. The predicted molar refractivity (Wildman–Crippen MR) is 133 cm³/mol. The van der Waals surface area contributed by atoms with E-state index in [-0.39, 0.29) is 17.7 Å². The number of benzene rings is 2. The van der Waals surface area contributed by atoms with Crippen molar-refractivity contribution in [3.8, 4) is 0 Å². The Morgan fingerprint density at radius 1 is 1.15 bits per heavy atom. The van der Waals surface area contributed by atoms with Gasteiger partial charge < -0.3 is 13.7 Å². The smallest absolute Gasteiger partial charge is 0.253 e. The summed E-state index contributed by atoms with van der Waals surface area (Å²) in [5.74, 6) is 0.869. The molecule has 0 fully saturated rings. The number of hydrazone groups is 1. The van der Waals surface area contributed by atoms with Gasteiger partial charge in [-0.25, -0.2) is 9.99 Å². The number of thioether (sulfide) groups is 1. The Hall–Kier alpha value is -3.36. The fourth-order valence-electron chi connectivity index (χ4n) is 4.12. The number of furan rings is 1. The van der Waals surface area contributed by atoms with Crippen LogP contribution in [0.2, 0.25) is 0 Å². The van der Waals surface area contributed by atoms with Crippen LogP contribution in [0, 0.1) is 6.92 Å². The lowest BCUT2D eigenvalue weighted by Gasteiger charge is -2.19. The molecule has 2 aromatic carbocycles. The number of hydrogen-bond acceptors (Lipinski definition) is 6. The largest absolute Gasteiger partial charge is 0.467 e. The molecule has 1 aliphatic heterocycles. The maximum absolute atomic E-state index is 13.4. The average Bonchev–Trinajstić information content (AvgIpc) is 3.60. The van der Waals surface area contributed by atoms with Crippen LogP contribution >= 0.6 is 11.8 Å². The van der Waals surface area contributed by atoms with E-state index in [0.717, 1.165) is 33.2 Å². The summed E-state index contributed by atoms with van der Waals surface area (Å²) in [4.78, 5) is 18.1. The number of imidazole rings is 1. The fraction of sp³-hybridized carbons (Fsp3) is 0.269. The van der Waals surface area contributed by atoms with Gasteiger partial charge in [0.15, 0.2) is 5.16 Å². The zero-order valence-corrected chi connectivity index (χ0v) is 20.0. The van der Waals surface area contributed by atoms with Crippen molar-refractivity contribution >= 4 is 34.4 Å². The number of fused-ring (bicyclic) bond motifs is 1. The molecule has 7 nitrogen and oxygen atoms in total. The Bertz CT molecular complexity index is 1310. The van der Waals surface area contributed by atoms with Gasteiger partial charge in [-0.1, -0.05) is 53.7 Å². The highest BCUT2D eigenvalue weighted by Gasteiger charge is 2.35. The summed E-state index contributed by atoms with van der Waals surface area (Å²) < 4.78 is 13.0. The summed E-state index contributed by atoms with van der Waals surface area (Å²) in [6.07, 6.45) is 2.24. The van der Waals surface area contributed by atoms with Crippen LogP contribution < -0.4 is 0 Å². The van der Waals surface area contributed by atoms with Crippen molar-refractivity contribution in [2.45, 2.75) is 31.1 Å². The van der Waals surface area contributed by atoms with E-state index in [9.17, 15) is 4.79 Å². The normalized spacial score (nSPS) is 15.8. The number of amides is 1. The fourth-order valence-corrected chi connectivity index (χ4v) is 5.01. The number of methoxy groups -OCH3 is 1. The number of carbonyl (C=O) groups is 1. The zero-order valence-electron chi connectivity index (χ0n) is 19.2. The molecule has 0 N–H and O–H groups in total. The second kappa shape index (κ2) is 9.87. The number of aryl methyl sites for hydroxylation is 1. The molecule has 8 heteroatoms. The average molecular weight is 475 g/mol. The first-order valence-electron chi connectivity index (χ1n) is 11.2. The molecule has 3 heterocycles. The Kier molecular flexibility index (Phi) is 6.51. The van der Waals surface area contributed by atoms with Crippen molar-refractivity contribution in [3.63, 3.8) is 0 Å². The second-order valence-corrected chi connectivity index (χ2v) is 9.15. The first-order chi connectivity index (χ1) is 16.6. The third-order valence-electron chi connectivity index (χ3n) is 5.89. The summed E-state index contributed by atoms with van der Waals surface area (Å²) in [5, 5.41) is 7.10. The summed E-state index contributed by atoms with van der Waals surface area (Å²) in [7, 11) is 1.68. The van der Waals surface area contributed by atoms with Crippen LogP contribution in [0.5, 0.6) is 0 Å². The molecule has 174 valence electrons. The van der Waals surface area contributed by atoms with Gasteiger partial charge in [-0.3, -0.25) is 4.79 Å². The molecule has 0 unspecified atom stereocenters. The Morgan fingerprint density at radius 2 is 1.97 bits per heavy atom. The van der Waals surface area contributed by atoms with E-state index in [1.165, 1.54) is 17.3 Å². The molecule has 0 bridgehead atoms. The SMILES string of the molecule is COCCn1c(SCC(=O)N2N=C(c3ccc(C)cc3)C[C@@H]2c2ccco2)nc2ccccc21. The third-order valence-corrected chi connectivity index (χ3v) is 6.85. The Morgan fingerprint density at radius 3 is 2.74 bits per heavy atom. The molecule has 1 amide bonds. The van der Waals surface area contributed by atoms with Crippen LogP contribution in [-0.4, -0.2) is 45.6 Å². The van der Waals surface area contributed by atoms with Gasteiger partial charge >= 0.3 is 0 Å². The quantitative estimate of drug-likeness (QED) is 0.334. The Labute approximate surface area is 202 Å². The third kappa shape index (κ3) is 4.51. The van der Waals surface area contributed by atoms with Crippen molar-refractivity contribution in [1.29, 1.82) is 0 Å². The van der Waals surface area contributed by atoms with Gasteiger partial charge in [-0.15, -0.1) is 0 Å². The molecule has 1 aliphatic rings. The summed E-state index contributed by atoms with van der Waals surface area (Å²) in [5.41, 5.74) is 5.02. The molecule has 0 spiro atoms. The van der Waals surface area contributed by atoms with Crippen molar-refractivity contribution in [2.24, 2.45) is 5.10 Å². The van der Waals surface area contributed by atoms with E-state index in [4.69, 9.17) is 19.2 Å². The lowest BCUT2D eigenvalue weighted by Crippen LogP contribution is -2.28. The number of rotatable bonds is 8. The van der Waals surface area contributed by atoms with Crippen LogP contribution in [0.1, 0.15) is 29.3 Å². The second-order valence-electron chi connectivity index (χ2n) is 8.20. The standard InChI is InChI=1S/C26H26N4O3S/c1-18-9-11-19(12-10-18)21-16-23(24-8-5-14-33-24)30(28-21)25(31)17-34-26-27-20-6-3-4-7-22(20)29(26)13-15-32-2/h3-12,14,23H,13,15-17H2,1-2H3/t23-/m1/s1. The van der Waals surface area contributed by atoms with Gasteiger partial charge in [0.1, 0.15) is 11.8 Å². The van der Waals surface area contributed by atoms with Gasteiger partial charge in [-0.2, -0.15) is 5.10 Å². The van der Waals surface area contributed by atoms with E-state index >= 15 is 0 Å². The molecule has 0 saturated carbocycles. The zero-order chi connectivity index (χ0) is 23.5. The minimum Gasteiger partial charge on any atom is -0.467 e. The molecule has 0 radical (unpaired) electrons. The highest BCUT2D eigenvalue weighted by atomic mass is 32.2. The van der Waals surface area contributed by atoms with Crippen LogP contribution in [-0.2, 0) is 16.1 Å². The highest BCUT2D eigenvalue weighted by molar-refractivity contribution is 7.99. The molecule has 2 aromatic heterocycles. The minimum atomic E-state index is -0.258. The maximum Gasteiger partial charge on any atom is 0.253 e. The molecule has 34 heavy (non-hydrogen) atoms. The van der Waals surface area contributed by atoms with Crippen LogP contribution in [0.3, 0.4) is 0 Å². The molecule has 4 aromatic rings. The highest BCUT2D eigenvalue weighted by Crippen LogP contribution is 2.34. The van der Waals surface area contributed by atoms with E-state index in [1.54, 1.807) is 18.4 Å². The predicted octanol–water partition coefficient (Wildman–Crippen LogP) is 5.05. The van der Waals surface area contributed by atoms with Crippen LogP contribution in [0.15, 0.2) is 81.6 Å². The first kappa shape index (κ1) is 22.4. The van der Waals surface area contributed by atoms with Crippen molar-refractivity contribution in [1.82, 2.24) is 14.6 Å². The summed E-state index contributed by atoms with van der Waals surface area (Å²) in [6, 6.07) is 19.7. The first-order valence-corrected chi connectivity index (χ1v) is 12.2. The van der Waals surface area contributed by atoms with Crippen molar-refractivity contribution < 1.29 is 13.9 Å². The van der Waals surface area contributed by atoms with Gasteiger partial charge in [0.2, 0.25) is 0 Å². The van der Waals surface area contributed by atoms with E-state index in [1.807, 2.05) is 48.5 Å². The van der Waals surface area contributed by atoms with E-state index in [0.29, 0.717) is 19.6 Å². The van der Waals surface area contributed by atoms with Gasteiger partial charge in [0.05, 0.1) is 35.4 Å². The lowest BCUT2D eigenvalue weighted by molar-refractivity contribution is -0.130. The lowest BCUT2D eigenvalue weighted by atomic mass is 10.0. The molecular formula is C26H26N4O3S. The summed E-state index contributed by atoms with van der Waals surface area (Å²) >= 11 is 1.42. The van der Waals surface area contributed by atoms with Crippen molar-refractivity contribution in [3.05, 3.63) is 83.8 Å². The maximum atomic E-state index is 13.4. The monoisotopic (exact) mass is 474 g/mol. The molecule has 0 aliphatic carbocycles. The van der Waals surface area contributed by atoms with Gasteiger partial charge in [0.25, 0.3) is 5.91 Å². The number of ether oxygens (including phenoxy) is 1. The number of para-hydroxylation sites is 2. The molecule has 5 rings (SSSR count). The number of nitrogens with zero attached hydrogens (tertiary/aromatic N) is 4. The Balaban J connectivity index is 1.38. The molecular weight excluding hydrogens is 448 g/mol. The van der Waals surface area contributed by atoms with Gasteiger partial charge in [-0.05, 0) is 36.8 Å². The molecule has 0 saturated heterocycles. The molecule has 1 atom stereocenters. The van der Waals surface area contributed by atoms with Gasteiger partial charge in [0, 0.05) is 20.1 Å². The van der Waals surface area contributed by atoms with Crippen LogP contribution in [0.4, 0.5) is 0 Å². The summed E-state index contributed by atoms with van der Waals surface area (Å²) in [6.45, 7) is 3.29. The topological polar surface area (TPSA) is 72.9 Å². The van der Waals surface area contributed by atoms with E-state index in [2.05, 4.69) is 23.6 Å². The number of aromatic nitrogens is 2. The van der Waals surface area contributed by atoms with Crippen LogP contribution in [0.25, 0.3) is 11.0 Å². The van der Waals surface area contributed by atoms with Crippen molar-refractivity contribution in [2.75, 3.05) is 19.5 Å². The van der Waals surface area contributed by atoms with E-state index < -0.39 is 0 Å². The number of carbonyl (C=O) groups excluding carboxylic acids is 1. The number of hydrogen-bond donors (Lipinski definition) is 0.